The molecule has 0 radical (unpaired) electrons. The van der Waals surface area contributed by atoms with Gasteiger partial charge in [0.1, 0.15) is 19.1 Å². The highest BCUT2D eigenvalue weighted by atomic mass is 35.5. The normalized spacial score (nSPS) is 17.3. The molecule has 1 saturated heterocycles. The van der Waals surface area contributed by atoms with E-state index in [1.807, 2.05) is 30.3 Å². The maximum atomic E-state index is 12.5. The number of amides is 1. The van der Waals surface area contributed by atoms with Crippen LogP contribution in [0.2, 0.25) is 5.02 Å². The van der Waals surface area contributed by atoms with Gasteiger partial charge < -0.3 is 15.0 Å². The monoisotopic (exact) mass is 405 g/mol. The molecule has 0 spiro atoms. The summed E-state index contributed by atoms with van der Waals surface area (Å²) in [5.74, 6) is 0.447. The molecule has 2 atom stereocenters. The number of morpholine rings is 1. The summed E-state index contributed by atoms with van der Waals surface area (Å²) in [5, 5.41) is 3.92. The second kappa shape index (κ2) is 10.1. The third-order valence-corrected chi connectivity index (χ3v) is 6.07. The Bertz CT molecular complexity index is 721. The lowest BCUT2D eigenvalue weighted by molar-refractivity contribution is -0.940. The Balaban J connectivity index is 1.61. The number of carbonyl (C=O) groups excluding carboxylic acids is 1. The molecule has 0 aliphatic carbocycles. The van der Waals surface area contributed by atoms with Crippen molar-refractivity contribution in [1.29, 1.82) is 0 Å². The van der Waals surface area contributed by atoms with Crippen molar-refractivity contribution in [2.75, 3.05) is 32.1 Å². The van der Waals surface area contributed by atoms with Gasteiger partial charge in [-0.15, -0.1) is 11.8 Å². The number of nitrogens with one attached hydrogen (secondary N) is 2. The summed E-state index contributed by atoms with van der Waals surface area (Å²) in [4.78, 5) is 15.0. The SMILES string of the molecule is C[C@@H](NC(=O)CSc1ccc(Cl)cc1)[C@@H](c1ccccc1)[NH+]1CCOCC1. The van der Waals surface area contributed by atoms with E-state index in [-0.39, 0.29) is 18.0 Å². The minimum Gasteiger partial charge on any atom is -0.370 e. The summed E-state index contributed by atoms with van der Waals surface area (Å²) in [5.41, 5.74) is 1.26. The zero-order valence-electron chi connectivity index (χ0n) is 15.5. The lowest BCUT2D eigenvalue weighted by atomic mass is 9.98. The highest BCUT2D eigenvalue weighted by Gasteiger charge is 2.32. The van der Waals surface area contributed by atoms with Crippen LogP contribution in [-0.4, -0.2) is 44.0 Å². The molecular weight excluding hydrogens is 380 g/mol. The van der Waals surface area contributed by atoms with Gasteiger partial charge in [-0.3, -0.25) is 4.79 Å². The first-order chi connectivity index (χ1) is 13.1. The van der Waals surface area contributed by atoms with E-state index < -0.39 is 0 Å². The van der Waals surface area contributed by atoms with Crippen LogP contribution in [0.4, 0.5) is 0 Å². The molecule has 0 bridgehead atoms. The van der Waals surface area contributed by atoms with Crippen LogP contribution in [0.25, 0.3) is 0 Å². The largest absolute Gasteiger partial charge is 0.370 e. The molecule has 0 unspecified atom stereocenters. The van der Waals surface area contributed by atoms with E-state index in [4.69, 9.17) is 16.3 Å². The average Bonchev–Trinajstić information content (AvgIpc) is 2.69. The van der Waals surface area contributed by atoms with Crippen molar-refractivity contribution in [3.63, 3.8) is 0 Å². The van der Waals surface area contributed by atoms with Crippen LogP contribution < -0.4 is 10.2 Å². The third-order valence-electron chi connectivity index (χ3n) is 4.81. The van der Waals surface area contributed by atoms with Crippen molar-refractivity contribution in [2.24, 2.45) is 0 Å². The van der Waals surface area contributed by atoms with Crippen LogP contribution in [-0.2, 0) is 9.53 Å². The van der Waals surface area contributed by atoms with E-state index in [0.717, 1.165) is 31.2 Å². The summed E-state index contributed by atoms with van der Waals surface area (Å²) in [6.45, 7) is 5.56. The van der Waals surface area contributed by atoms with Gasteiger partial charge in [-0.05, 0) is 31.2 Å². The second-order valence-electron chi connectivity index (χ2n) is 6.76. The molecule has 1 amide bonds. The number of benzene rings is 2. The smallest absolute Gasteiger partial charge is 0.230 e. The molecule has 2 aromatic carbocycles. The summed E-state index contributed by atoms with van der Waals surface area (Å²) in [7, 11) is 0. The van der Waals surface area contributed by atoms with Gasteiger partial charge in [0.25, 0.3) is 0 Å². The fraction of sp³-hybridized carbons (Fsp3) is 0.381. The molecule has 3 rings (SSSR count). The number of rotatable bonds is 7. The Morgan fingerprint density at radius 3 is 2.48 bits per heavy atom. The molecule has 1 aliphatic rings. The Morgan fingerprint density at radius 2 is 1.81 bits per heavy atom. The molecule has 0 aromatic heterocycles. The first-order valence-corrected chi connectivity index (χ1v) is 10.6. The van der Waals surface area contributed by atoms with Gasteiger partial charge in [-0.1, -0.05) is 41.9 Å². The summed E-state index contributed by atoms with van der Waals surface area (Å²) in [6, 6.07) is 18.3. The Morgan fingerprint density at radius 1 is 1.15 bits per heavy atom. The van der Waals surface area contributed by atoms with Crippen molar-refractivity contribution in [3.05, 3.63) is 65.2 Å². The van der Waals surface area contributed by atoms with Crippen molar-refractivity contribution >= 4 is 29.3 Å². The molecule has 27 heavy (non-hydrogen) atoms. The van der Waals surface area contributed by atoms with Gasteiger partial charge in [-0.25, -0.2) is 0 Å². The highest BCUT2D eigenvalue weighted by Crippen LogP contribution is 2.20. The number of thioether (sulfide) groups is 1. The number of hydrogen-bond donors (Lipinski definition) is 2. The first kappa shape index (κ1) is 20.2. The summed E-state index contributed by atoms with van der Waals surface area (Å²) < 4.78 is 5.52. The minimum absolute atomic E-state index is 0.0406. The highest BCUT2D eigenvalue weighted by molar-refractivity contribution is 8.00. The van der Waals surface area contributed by atoms with Crippen LogP contribution in [0.15, 0.2) is 59.5 Å². The topological polar surface area (TPSA) is 42.8 Å². The van der Waals surface area contributed by atoms with Crippen LogP contribution in [0.3, 0.4) is 0 Å². The molecule has 2 aromatic rings. The Hall–Kier alpha value is -1.53. The Labute approximate surface area is 170 Å². The molecule has 1 fully saturated rings. The zero-order valence-corrected chi connectivity index (χ0v) is 17.1. The lowest BCUT2D eigenvalue weighted by Crippen LogP contribution is -3.15. The Kier molecular flexibility index (Phi) is 7.59. The lowest BCUT2D eigenvalue weighted by Gasteiger charge is -2.35. The molecular formula is C21H26ClN2O2S+. The van der Waals surface area contributed by atoms with Gasteiger partial charge in [0.05, 0.1) is 25.0 Å². The van der Waals surface area contributed by atoms with Crippen LogP contribution in [0, 0.1) is 0 Å². The summed E-state index contributed by atoms with van der Waals surface area (Å²) >= 11 is 7.44. The second-order valence-corrected chi connectivity index (χ2v) is 8.24. The molecule has 1 heterocycles. The van der Waals surface area contributed by atoms with Crippen molar-refractivity contribution in [3.8, 4) is 0 Å². The van der Waals surface area contributed by atoms with Crippen molar-refractivity contribution in [1.82, 2.24) is 5.32 Å². The number of ether oxygens (including phenoxy) is 1. The van der Waals surface area contributed by atoms with Gasteiger partial charge in [-0.2, -0.15) is 0 Å². The van der Waals surface area contributed by atoms with E-state index in [9.17, 15) is 4.79 Å². The molecule has 1 aliphatic heterocycles. The van der Waals surface area contributed by atoms with Crippen LogP contribution in [0.1, 0.15) is 18.5 Å². The molecule has 4 nitrogen and oxygen atoms in total. The van der Waals surface area contributed by atoms with Gasteiger partial charge in [0.2, 0.25) is 5.91 Å². The minimum atomic E-state index is 0.0406. The van der Waals surface area contributed by atoms with Gasteiger partial charge in [0.15, 0.2) is 0 Å². The number of halogens is 1. The fourth-order valence-electron chi connectivity index (χ4n) is 3.54. The maximum absolute atomic E-state index is 12.5. The molecule has 2 N–H and O–H groups in total. The standard InChI is InChI=1S/C21H25ClN2O2S/c1-16(23-20(25)15-27-19-9-7-18(22)8-10-19)21(17-5-3-2-4-6-17)24-11-13-26-14-12-24/h2-10,16,21H,11-15H2,1H3,(H,23,25)/p+1/t16-,21+/m1/s1. The van der Waals surface area contributed by atoms with Crippen LogP contribution >= 0.6 is 23.4 Å². The van der Waals surface area contributed by atoms with E-state index in [2.05, 4.69) is 36.5 Å². The fourth-order valence-corrected chi connectivity index (χ4v) is 4.38. The van der Waals surface area contributed by atoms with Crippen molar-refractivity contribution < 1.29 is 14.4 Å². The third kappa shape index (κ3) is 5.98. The van der Waals surface area contributed by atoms with E-state index >= 15 is 0 Å². The number of carbonyl (C=O) groups is 1. The number of quaternary nitrogens is 1. The van der Waals surface area contributed by atoms with Gasteiger partial charge in [0, 0.05) is 15.5 Å². The van der Waals surface area contributed by atoms with Crippen molar-refractivity contribution in [2.45, 2.75) is 23.9 Å². The predicted octanol–water partition coefficient (Wildman–Crippen LogP) is 2.59. The van der Waals surface area contributed by atoms with E-state index in [1.54, 1.807) is 0 Å². The predicted molar refractivity (Wildman–Crippen MR) is 110 cm³/mol. The van der Waals surface area contributed by atoms with Crippen LogP contribution in [0.5, 0.6) is 0 Å². The maximum Gasteiger partial charge on any atom is 0.230 e. The summed E-state index contributed by atoms with van der Waals surface area (Å²) in [6.07, 6.45) is 0. The van der Waals surface area contributed by atoms with E-state index in [0.29, 0.717) is 10.8 Å². The molecule has 144 valence electrons. The average molecular weight is 406 g/mol. The first-order valence-electron chi connectivity index (χ1n) is 9.28. The zero-order chi connectivity index (χ0) is 19.1. The molecule has 0 saturated carbocycles. The quantitative estimate of drug-likeness (QED) is 0.696. The number of hydrogen-bond acceptors (Lipinski definition) is 3. The molecule has 6 heteroatoms. The van der Waals surface area contributed by atoms with Gasteiger partial charge >= 0.3 is 0 Å². The van der Waals surface area contributed by atoms with E-state index in [1.165, 1.54) is 22.2 Å².